The van der Waals surface area contributed by atoms with Crippen molar-refractivity contribution in [1.29, 1.82) is 0 Å². The van der Waals surface area contributed by atoms with Crippen molar-refractivity contribution in [3.05, 3.63) is 42.0 Å². The first-order valence-corrected chi connectivity index (χ1v) is 4.77. The summed E-state index contributed by atoms with van der Waals surface area (Å²) in [7, 11) is 0. The standard InChI is InChI=1S/C12H14O/c13-12(11-7-8-11)9-6-10-4-2-1-3-5-10/h1-6,9,11-13H,7-8H2/b9-6+/t12-/m0/s1. The lowest BCUT2D eigenvalue weighted by molar-refractivity contribution is 0.200. The van der Waals surface area contributed by atoms with Gasteiger partial charge in [0.05, 0.1) is 6.10 Å². The number of rotatable bonds is 3. The van der Waals surface area contributed by atoms with E-state index >= 15 is 0 Å². The maximum atomic E-state index is 9.56. The van der Waals surface area contributed by atoms with Crippen LogP contribution in [0.3, 0.4) is 0 Å². The topological polar surface area (TPSA) is 20.2 Å². The summed E-state index contributed by atoms with van der Waals surface area (Å²) in [5.41, 5.74) is 1.15. The molecule has 1 aromatic carbocycles. The van der Waals surface area contributed by atoms with Gasteiger partial charge in [-0.2, -0.15) is 0 Å². The molecule has 0 aliphatic heterocycles. The zero-order valence-corrected chi connectivity index (χ0v) is 7.56. The number of hydrogen-bond acceptors (Lipinski definition) is 1. The maximum Gasteiger partial charge on any atom is 0.0752 e. The normalized spacial score (nSPS) is 19.2. The second-order valence-electron chi connectivity index (χ2n) is 3.60. The van der Waals surface area contributed by atoms with Crippen molar-refractivity contribution in [3.63, 3.8) is 0 Å². The molecule has 0 saturated heterocycles. The van der Waals surface area contributed by atoms with Crippen molar-refractivity contribution in [2.75, 3.05) is 0 Å². The van der Waals surface area contributed by atoms with Crippen LogP contribution in [0.15, 0.2) is 36.4 Å². The molecule has 1 fully saturated rings. The Morgan fingerprint density at radius 2 is 1.92 bits per heavy atom. The van der Waals surface area contributed by atoms with E-state index in [1.807, 2.05) is 42.5 Å². The van der Waals surface area contributed by atoms with E-state index in [-0.39, 0.29) is 6.10 Å². The lowest BCUT2D eigenvalue weighted by Crippen LogP contribution is -2.03. The summed E-state index contributed by atoms with van der Waals surface area (Å²) < 4.78 is 0. The minimum atomic E-state index is -0.236. The molecule has 1 N–H and O–H groups in total. The number of hydrogen-bond donors (Lipinski definition) is 1. The third-order valence-corrected chi connectivity index (χ3v) is 2.39. The molecule has 0 radical (unpaired) electrons. The van der Waals surface area contributed by atoms with Crippen LogP contribution in [0.5, 0.6) is 0 Å². The van der Waals surface area contributed by atoms with Gasteiger partial charge in [0, 0.05) is 0 Å². The highest BCUT2D eigenvalue weighted by Gasteiger charge is 2.27. The van der Waals surface area contributed by atoms with Crippen LogP contribution in [0.1, 0.15) is 18.4 Å². The zero-order chi connectivity index (χ0) is 9.10. The highest BCUT2D eigenvalue weighted by molar-refractivity contribution is 5.49. The minimum absolute atomic E-state index is 0.236. The highest BCUT2D eigenvalue weighted by atomic mass is 16.3. The summed E-state index contributed by atoms with van der Waals surface area (Å²) in [5.74, 6) is 0.528. The SMILES string of the molecule is O[C@@H](/C=C/c1ccccc1)C1CC1. The summed E-state index contributed by atoms with van der Waals surface area (Å²) in [4.78, 5) is 0. The van der Waals surface area contributed by atoms with Gasteiger partial charge >= 0.3 is 0 Å². The van der Waals surface area contributed by atoms with Gasteiger partial charge in [-0.25, -0.2) is 0 Å². The van der Waals surface area contributed by atoms with E-state index in [1.54, 1.807) is 0 Å². The van der Waals surface area contributed by atoms with Crippen LogP contribution in [0.25, 0.3) is 6.08 Å². The largest absolute Gasteiger partial charge is 0.389 e. The first kappa shape index (κ1) is 8.52. The summed E-state index contributed by atoms with van der Waals surface area (Å²) >= 11 is 0. The van der Waals surface area contributed by atoms with Crippen LogP contribution < -0.4 is 0 Å². The molecule has 0 aromatic heterocycles. The van der Waals surface area contributed by atoms with Crippen molar-refractivity contribution >= 4 is 6.08 Å². The van der Waals surface area contributed by atoms with E-state index in [4.69, 9.17) is 0 Å². The van der Waals surface area contributed by atoms with Crippen LogP contribution in [0.4, 0.5) is 0 Å². The molecule has 1 aromatic rings. The molecule has 0 spiro atoms. The van der Waals surface area contributed by atoms with Crippen molar-refractivity contribution in [2.24, 2.45) is 5.92 Å². The van der Waals surface area contributed by atoms with Crippen molar-refractivity contribution in [3.8, 4) is 0 Å². The van der Waals surface area contributed by atoms with E-state index in [9.17, 15) is 5.11 Å². The van der Waals surface area contributed by atoms with E-state index in [2.05, 4.69) is 0 Å². The third-order valence-electron chi connectivity index (χ3n) is 2.39. The Bertz CT molecular complexity index is 285. The molecule has 1 atom stereocenters. The molecule has 13 heavy (non-hydrogen) atoms. The summed E-state index contributed by atoms with van der Waals surface area (Å²) in [6.45, 7) is 0. The average molecular weight is 174 g/mol. The molecule has 0 unspecified atom stereocenters. The predicted molar refractivity (Wildman–Crippen MR) is 54.2 cm³/mol. The minimum Gasteiger partial charge on any atom is -0.389 e. The van der Waals surface area contributed by atoms with Gasteiger partial charge < -0.3 is 5.11 Å². The Morgan fingerprint density at radius 1 is 1.23 bits per heavy atom. The van der Waals surface area contributed by atoms with Crippen LogP contribution in [0.2, 0.25) is 0 Å². The Kier molecular flexibility index (Phi) is 2.46. The van der Waals surface area contributed by atoms with Gasteiger partial charge in [-0.1, -0.05) is 42.5 Å². The predicted octanol–water partition coefficient (Wildman–Crippen LogP) is 2.47. The lowest BCUT2D eigenvalue weighted by Gasteiger charge is -2.00. The molecule has 68 valence electrons. The first-order chi connectivity index (χ1) is 6.36. The van der Waals surface area contributed by atoms with E-state index in [0.29, 0.717) is 5.92 Å². The van der Waals surface area contributed by atoms with Crippen molar-refractivity contribution in [1.82, 2.24) is 0 Å². The molecule has 1 aliphatic carbocycles. The highest BCUT2D eigenvalue weighted by Crippen LogP contribution is 2.33. The monoisotopic (exact) mass is 174 g/mol. The Hall–Kier alpha value is -1.08. The second-order valence-corrected chi connectivity index (χ2v) is 3.60. The summed E-state index contributed by atoms with van der Waals surface area (Å²) in [6, 6.07) is 10.1. The van der Waals surface area contributed by atoms with Crippen LogP contribution in [-0.2, 0) is 0 Å². The second kappa shape index (κ2) is 3.75. The van der Waals surface area contributed by atoms with Gasteiger partial charge in [-0.15, -0.1) is 0 Å². The first-order valence-electron chi connectivity index (χ1n) is 4.77. The lowest BCUT2D eigenvalue weighted by atomic mass is 10.1. The average Bonchev–Trinajstić information content (AvgIpc) is 2.99. The molecule has 2 rings (SSSR count). The number of aliphatic hydroxyl groups is 1. The van der Waals surface area contributed by atoms with Gasteiger partial charge in [-0.05, 0) is 24.3 Å². The quantitative estimate of drug-likeness (QED) is 0.746. The summed E-state index contributed by atoms with van der Waals surface area (Å²) in [6.07, 6.45) is 6.01. The van der Waals surface area contributed by atoms with Gasteiger partial charge in [0.2, 0.25) is 0 Å². The molecule has 0 amide bonds. The molecule has 1 nitrogen and oxygen atoms in total. The molecular formula is C12H14O. The fourth-order valence-electron chi connectivity index (χ4n) is 1.37. The summed E-state index contributed by atoms with van der Waals surface area (Å²) in [5, 5.41) is 9.56. The maximum absolute atomic E-state index is 9.56. The Morgan fingerprint density at radius 3 is 2.54 bits per heavy atom. The van der Waals surface area contributed by atoms with Gasteiger partial charge in [-0.3, -0.25) is 0 Å². The molecule has 1 heteroatoms. The van der Waals surface area contributed by atoms with Crippen LogP contribution in [-0.4, -0.2) is 11.2 Å². The van der Waals surface area contributed by atoms with Gasteiger partial charge in [0.15, 0.2) is 0 Å². The molecule has 0 bridgehead atoms. The van der Waals surface area contributed by atoms with E-state index in [0.717, 1.165) is 5.56 Å². The van der Waals surface area contributed by atoms with Crippen molar-refractivity contribution in [2.45, 2.75) is 18.9 Å². The van der Waals surface area contributed by atoms with Gasteiger partial charge in [0.25, 0.3) is 0 Å². The molecular weight excluding hydrogens is 160 g/mol. The fourth-order valence-corrected chi connectivity index (χ4v) is 1.37. The van der Waals surface area contributed by atoms with Crippen molar-refractivity contribution < 1.29 is 5.11 Å². The van der Waals surface area contributed by atoms with Crippen LogP contribution in [0, 0.1) is 5.92 Å². The Labute approximate surface area is 78.7 Å². The molecule has 1 aliphatic rings. The van der Waals surface area contributed by atoms with Gasteiger partial charge in [0.1, 0.15) is 0 Å². The zero-order valence-electron chi connectivity index (χ0n) is 7.56. The smallest absolute Gasteiger partial charge is 0.0752 e. The third kappa shape index (κ3) is 2.43. The van der Waals surface area contributed by atoms with E-state index in [1.165, 1.54) is 12.8 Å². The number of benzene rings is 1. The van der Waals surface area contributed by atoms with Crippen LogP contribution >= 0.6 is 0 Å². The fraction of sp³-hybridized carbons (Fsp3) is 0.333. The van der Waals surface area contributed by atoms with E-state index < -0.39 is 0 Å². The Balaban J connectivity index is 1.96. The molecule has 1 saturated carbocycles. The number of aliphatic hydroxyl groups excluding tert-OH is 1. The molecule has 0 heterocycles.